The number of thioether (sulfide) groups is 1. The minimum Gasteiger partial charge on any atom is -0.464 e. The second kappa shape index (κ2) is 9.72. The molecule has 2 heterocycles. The minimum atomic E-state index is -1.14. The lowest BCUT2D eigenvalue weighted by Crippen LogP contribution is -2.65. The average Bonchev–Trinajstić information content (AvgIpc) is 3.17. The standard InChI is InChI=1S/C22H30N4O4S/c1-5-31-15(2)11-12-25-19(27)18-13-17(20(28)30-4)24-26(18)14-22(25,3)21(29)23-16-9-7-6-8-10-16/h5,13,16H,1-2,6-12,14H2,3-4H3,(H,23,29). The molecule has 9 heteroatoms. The Kier molecular flexibility index (Phi) is 7.25. The summed E-state index contributed by atoms with van der Waals surface area (Å²) in [5.41, 5.74) is -0.820. The van der Waals surface area contributed by atoms with Crippen LogP contribution in [0.15, 0.2) is 29.5 Å². The number of rotatable bonds is 8. The predicted molar refractivity (Wildman–Crippen MR) is 120 cm³/mol. The predicted octanol–water partition coefficient (Wildman–Crippen LogP) is 3.11. The van der Waals surface area contributed by atoms with E-state index in [1.807, 2.05) is 0 Å². The number of nitrogens with zero attached hydrogens (tertiary/aromatic N) is 3. The van der Waals surface area contributed by atoms with Gasteiger partial charge < -0.3 is 15.0 Å². The summed E-state index contributed by atoms with van der Waals surface area (Å²) in [6.07, 6.45) is 5.78. The minimum absolute atomic E-state index is 0.0503. The molecule has 1 fully saturated rings. The maximum absolute atomic E-state index is 13.4. The van der Waals surface area contributed by atoms with Gasteiger partial charge >= 0.3 is 5.97 Å². The van der Waals surface area contributed by atoms with Crippen LogP contribution in [0.1, 0.15) is 66.4 Å². The summed E-state index contributed by atoms with van der Waals surface area (Å²) in [7, 11) is 1.26. The molecule has 0 radical (unpaired) electrons. The van der Waals surface area contributed by atoms with Crippen molar-refractivity contribution in [3.05, 3.63) is 40.9 Å². The normalized spacial score (nSPS) is 21.4. The van der Waals surface area contributed by atoms with Crippen molar-refractivity contribution in [1.29, 1.82) is 0 Å². The number of ether oxygens (including phenoxy) is 1. The highest BCUT2D eigenvalue weighted by Crippen LogP contribution is 2.30. The maximum atomic E-state index is 13.4. The molecule has 31 heavy (non-hydrogen) atoms. The van der Waals surface area contributed by atoms with Crippen LogP contribution in [-0.4, -0.2) is 57.7 Å². The van der Waals surface area contributed by atoms with Gasteiger partial charge in [0.25, 0.3) is 5.91 Å². The Morgan fingerprint density at radius 3 is 2.74 bits per heavy atom. The summed E-state index contributed by atoms with van der Waals surface area (Å²) in [4.78, 5) is 41.2. The zero-order chi connectivity index (χ0) is 22.6. The molecule has 1 saturated carbocycles. The van der Waals surface area contributed by atoms with E-state index in [4.69, 9.17) is 4.74 Å². The third kappa shape index (κ3) is 4.87. The van der Waals surface area contributed by atoms with E-state index in [9.17, 15) is 14.4 Å². The molecule has 1 aliphatic heterocycles. The van der Waals surface area contributed by atoms with Gasteiger partial charge in [-0.05, 0) is 36.5 Å². The van der Waals surface area contributed by atoms with Gasteiger partial charge in [0.2, 0.25) is 5.91 Å². The van der Waals surface area contributed by atoms with Crippen molar-refractivity contribution in [2.75, 3.05) is 13.7 Å². The quantitative estimate of drug-likeness (QED) is 0.617. The van der Waals surface area contributed by atoms with Gasteiger partial charge in [-0.15, -0.1) is 11.8 Å². The Labute approximate surface area is 187 Å². The van der Waals surface area contributed by atoms with Crippen molar-refractivity contribution < 1.29 is 19.1 Å². The molecule has 0 bridgehead atoms. The number of methoxy groups -OCH3 is 1. The Balaban J connectivity index is 1.90. The molecule has 1 unspecified atom stereocenters. The van der Waals surface area contributed by atoms with E-state index in [1.54, 1.807) is 17.2 Å². The number of carbonyl (C=O) groups excluding carboxylic acids is 3. The van der Waals surface area contributed by atoms with Crippen LogP contribution in [0.5, 0.6) is 0 Å². The number of fused-ring (bicyclic) bond motifs is 1. The first-order chi connectivity index (χ1) is 14.8. The molecule has 168 valence electrons. The first-order valence-corrected chi connectivity index (χ1v) is 11.4. The van der Waals surface area contributed by atoms with Crippen LogP contribution in [0.25, 0.3) is 0 Å². The van der Waals surface area contributed by atoms with Crippen molar-refractivity contribution in [2.24, 2.45) is 0 Å². The second-order valence-corrected chi connectivity index (χ2v) is 9.32. The summed E-state index contributed by atoms with van der Waals surface area (Å²) < 4.78 is 6.18. The number of nitrogens with one attached hydrogen (secondary N) is 1. The van der Waals surface area contributed by atoms with Gasteiger partial charge in [0.05, 0.1) is 13.7 Å². The Morgan fingerprint density at radius 1 is 1.39 bits per heavy atom. The number of aromatic nitrogens is 2. The Hall–Kier alpha value is -2.55. The summed E-state index contributed by atoms with van der Waals surface area (Å²) in [6.45, 7) is 9.93. The highest BCUT2D eigenvalue weighted by molar-refractivity contribution is 8.05. The van der Waals surface area contributed by atoms with Crippen molar-refractivity contribution in [1.82, 2.24) is 20.0 Å². The number of carbonyl (C=O) groups is 3. The van der Waals surface area contributed by atoms with Crippen molar-refractivity contribution in [3.8, 4) is 0 Å². The van der Waals surface area contributed by atoms with Crippen LogP contribution in [0.2, 0.25) is 0 Å². The molecule has 8 nitrogen and oxygen atoms in total. The van der Waals surface area contributed by atoms with Crippen LogP contribution < -0.4 is 5.32 Å². The van der Waals surface area contributed by atoms with Gasteiger partial charge in [-0.25, -0.2) is 4.79 Å². The monoisotopic (exact) mass is 446 g/mol. The molecule has 3 rings (SSSR count). The smallest absolute Gasteiger partial charge is 0.358 e. The van der Waals surface area contributed by atoms with Crippen LogP contribution in [0, 0.1) is 0 Å². The molecule has 2 aliphatic rings. The van der Waals surface area contributed by atoms with Crippen molar-refractivity contribution in [3.63, 3.8) is 0 Å². The largest absolute Gasteiger partial charge is 0.464 e. The van der Waals surface area contributed by atoms with Gasteiger partial charge in [-0.2, -0.15) is 5.10 Å². The zero-order valence-electron chi connectivity index (χ0n) is 18.2. The van der Waals surface area contributed by atoms with Crippen LogP contribution in [-0.2, 0) is 16.1 Å². The topological polar surface area (TPSA) is 93.5 Å². The lowest BCUT2D eigenvalue weighted by atomic mass is 9.91. The number of hydrogen-bond acceptors (Lipinski definition) is 6. The first kappa shape index (κ1) is 23.1. The van der Waals surface area contributed by atoms with E-state index in [0.29, 0.717) is 13.0 Å². The van der Waals surface area contributed by atoms with Crippen LogP contribution in [0.3, 0.4) is 0 Å². The molecule has 0 saturated heterocycles. The van der Waals surface area contributed by atoms with E-state index in [2.05, 4.69) is 23.6 Å². The number of hydrogen-bond donors (Lipinski definition) is 1. The van der Waals surface area contributed by atoms with Crippen LogP contribution >= 0.6 is 11.8 Å². The molecule has 1 aliphatic carbocycles. The zero-order valence-corrected chi connectivity index (χ0v) is 19.0. The highest BCUT2D eigenvalue weighted by Gasteiger charge is 2.48. The highest BCUT2D eigenvalue weighted by atomic mass is 32.2. The van der Waals surface area contributed by atoms with Crippen molar-refractivity contribution in [2.45, 2.75) is 63.6 Å². The van der Waals surface area contributed by atoms with Crippen molar-refractivity contribution >= 4 is 29.5 Å². The maximum Gasteiger partial charge on any atom is 0.358 e. The summed E-state index contributed by atoms with van der Waals surface area (Å²) in [5, 5.41) is 9.08. The van der Waals surface area contributed by atoms with E-state index in [1.165, 1.54) is 36.0 Å². The lowest BCUT2D eigenvalue weighted by molar-refractivity contribution is -0.134. The summed E-state index contributed by atoms with van der Waals surface area (Å²) >= 11 is 1.41. The summed E-state index contributed by atoms with van der Waals surface area (Å²) in [5.74, 6) is -1.16. The van der Waals surface area contributed by atoms with Gasteiger partial charge in [-0.1, -0.05) is 32.4 Å². The first-order valence-electron chi connectivity index (χ1n) is 10.5. The molecule has 1 aromatic heterocycles. The van der Waals surface area contributed by atoms with Gasteiger partial charge in [0.1, 0.15) is 11.2 Å². The summed E-state index contributed by atoms with van der Waals surface area (Å²) in [6, 6.07) is 1.54. The molecular weight excluding hydrogens is 416 g/mol. The number of amides is 2. The lowest BCUT2D eigenvalue weighted by Gasteiger charge is -2.44. The van der Waals surface area contributed by atoms with E-state index >= 15 is 0 Å². The molecule has 2 amide bonds. The molecular formula is C22H30N4O4S. The van der Waals surface area contributed by atoms with E-state index in [-0.39, 0.29) is 35.8 Å². The van der Waals surface area contributed by atoms with Gasteiger partial charge in [-0.3, -0.25) is 14.3 Å². The fraction of sp³-hybridized carbons (Fsp3) is 0.545. The second-order valence-electron chi connectivity index (χ2n) is 8.18. The molecule has 1 N–H and O–H groups in total. The molecule has 0 spiro atoms. The number of esters is 1. The average molecular weight is 447 g/mol. The fourth-order valence-electron chi connectivity index (χ4n) is 4.20. The molecule has 1 aromatic rings. The third-order valence-corrected chi connectivity index (χ3v) is 6.69. The van der Waals surface area contributed by atoms with E-state index in [0.717, 1.165) is 30.6 Å². The van der Waals surface area contributed by atoms with E-state index < -0.39 is 11.5 Å². The fourth-order valence-corrected chi connectivity index (χ4v) is 4.64. The SMILES string of the molecule is C=CSC(=C)CCN1C(=O)c2cc(C(=O)OC)nn2CC1(C)C(=O)NC1CCCCC1. The van der Waals surface area contributed by atoms with Crippen LogP contribution in [0.4, 0.5) is 0 Å². The van der Waals surface area contributed by atoms with Gasteiger partial charge in [0.15, 0.2) is 5.69 Å². The third-order valence-electron chi connectivity index (χ3n) is 5.99. The molecule has 1 atom stereocenters. The Bertz CT molecular complexity index is 890. The molecule has 0 aromatic carbocycles. The van der Waals surface area contributed by atoms with Gasteiger partial charge in [0, 0.05) is 18.7 Å². The Morgan fingerprint density at radius 2 is 2.10 bits per heavy atom.